The van der Waals surface area contributed by atoms with Crippen LogP contribution in [0.15, 0.2) is 72.9 Å². The second kappa shape index (κ2) is 21.8. The summed E-state index contributed by atoms with van der Waals surface area (Å²) in [7, 11) is -3.82. The lowest BCUT2D eigenvalue weighted by molar-refractivity contribution is -0.139. The van der Waals surface area contributed by atoms with Crippen molar-refractivity contribution >= 4 is 91.5 Å². The third-order valence-electron chi connectivity index (χ3n) is 12.3. The largest absolute Gasteiger partial charge is 0.479 e. The van der Waals surface area contributed by atoms with Crippen molar-refractivity contribution in [2.75, 3.05) is 42.3 Å². The van der Waals surface area contributed by atoms with Crippen molar-refractivity contribution in [1.82, 2.24) is 29.5 Å². The molecule has 8 rings (SSSR count). The van der Waals surface area contributed by atoms with Gasteiger partial charge in [-0.3, -0.25) is 34.2 Å². The van der Waals surface area contributed by atoms with Gasteiger partial charge in [-0.2, -0.15) is 4.31 Å². The summed E-state index contributed by atoms with van der Waals surface area (Å²) in [6.07, 6.45) is 2.72. The van der Waals surface area contributed by atoms with Crippen molar-refractivity contribution in [3.05, 3.63) is 105 Å². The minimum atomic E-state index is -3.82. The van der Waals surface area contributed by atoms with Crippen LogP contribution in [0.3, 0.4) is 0 Å². The van der Waals surface area contributed by atoms with Gasteiger partial charge in [-0.15, -0.1) is 16.4 Å². The highest BCUT2D eigenvalue weighted by molar-refractivity contribution is 7.88. The van der Waals surface area contributed by atoms with Crippen LogP contribution in [0.1, 0.15) is 87.6 Å². The van der Waals surface area contributed by atoms with E-state index in [2.05, 4.69) is 31.6 Å². The Balaban J connectivity index is 0.770. The van der Waals surface area contributed by atoms with Gasteiger partial charge < -0.3 is 35.6 Å². The molecular formula is C48H50ClN9O13S2. The number of benzene rings is 3. The number of anilines is 3. The summed E-state index contributed by atoms with van der Waals surface area (Å²) in [5.74, 6) is -5.82. The molecule has 0 bridgehead atoms. The number of aromatic carboxylic acids is 1. The smallest absolute Gasteiger partial charge is 0.349 e. The fourth-order valence-electron chi connectivity index (χ4n) is 9.05. The molecule has 0 radical (unpaired) electrons. The Morgan fingerprint density at radius 2 is 1.74 bits per heavy atom. The van der Waals surface area contributed by atoms with Gasteiger partial charge in [0, 0.05) is 41.6 Å². The highest BCUT2D eigenvalue weighted by atomic mass is 35.5. The number of aliphatic carboxylic acids is 1. The topological polar surface area (TPSA) is 298 Å². The third kappa shape index (κ3) is 12.0. The molecule has 3 aromatic carbocycles. The molecule has 5 amide bonds. The Bertz CT molecular complexity index is 3120. The van der Waals surface area contributed by atoms with E-state index in [0.717, 1.165) is 16.2 Å². The molecule has 6 N–H and O–H groups in total. The Morgan fingerprint density at radius 1 is 0.973 bits per heavy atom. The number of rotatable bonds is 21. The predicted molar refractivity (Wildman–Crippen MR) is 266 cm³/mol. The second-order valence-corrected chi connectivity index (χ2v) is 21.4. The lowest BCUT2D eigenvalue weighted by Crippen LogP contribution is -2.55. The molecule has 2 aromatic heterocycles. The Labute approximate surface area is 427 Å². The number of fused-ring (bicyclic) bond motifs is 1. The summed E-state index contributed by atoms with van der Waals surface area (Å²) >= 11 is 7.38. The van der Waals surface area contributed by atoms with Crippen LogP contribution in [-0.4, -0.2) is 128 Å². The van der Waals surface area contributed by atoms with Crippen LogP contribution in [-0.2, 0) is 52.8 Å². The van der Waals surface area contributed by atoms with Crippen molar-refractivity contribution in [2.45, 2.75) is 82.4 Å². The van der Waals surface area contributed by atoms with Crippen molar-refractivity contribution < 1.29 is 61.7 Å². The molecule has 1 unspecified atom stereocenters. The van der Waals surface area contributed by atoms with E-state index in [9.17, 15) is 47.1 Å². The zero-order valence-electron chi connectivity index (χ0n) is 39.4. The van der Waals surface area contributed by atoms with E-state index in [-0.39, 0.29) is 90.0 Å². The molecule has 3 aliphatic heterocycles. The molecule has 73 heavy (non-hydrogen) atoms. The van der Waals surface area contributed by atoms with E-state index in [1.54, 1.807) is 65.5 Å². The lowest BCUT2D eigenvalue weighted by atomic mass is 9.89. The summed E-state index contributed by atoms with van der Waals surface area (Å²) in [4.78, 5) is 87.6. The Kier molecular flexibility index (Phi) is 15.6. The number of carboxylic acids is 2. The molecule has 384 valence electrons. The van der Waals surface area contributed by atoms with E-state index in [1.165, 1.54) is 10.4 Å². The zero-order valence-corrected chi connectivity index (χ0v) is 41.8. The number of thiophene rings is 1. The number of amides is 5. The van der Waals surface area contributed by atoms with E-state index < -0.39 is 63.8 Å². The van der Waals surface area contributed by atoms with Crippen LogP contribution in [0.5, 0.6) is 5.75 Å². The van der Waals surface area contributed by atoms with Gasteiger partial charge in [-0.05, 0) is 80.6 Å². The quantitative estimate of drug-likeness (QED) is 0.0413. The first-order valence-electron chi connectivity index (χ1n) is 23.0. The number of hydrogen-bond donors (Lipinski definition) is 6. The number of imide groups is 2. The van der Waals surface area contributed by atoms with Gasteiger partial charge >= 0.3 is 11.9 Å². The summed E-state index contributed by atoms with van der Waals surface area (Å²) in [6, 6.07) is 17.4. The molecule has 3 aliphatic rings. The molecule has 0 spiro atoms. The first-order valence-corrected chi connectivity index (χ1v) is 25.8. The summed E-state index contributed by atoms with van der Waals surface area (Å²) < 4.78 is 41.8. The number of ether oxygens (including phenoxy) is 2. The normalized spacial score (nSPS) is 17.8. The molecule has 2 fully saturated rings. The number of nitrogens with zero attached hydrogens (tertiary/aromatic N) is 5. The molecule has 2 atom stereocenters. The molecule has 2 saturated heterocycles. The van der Waals surface area contributed by atoms with Gasteiger partial charge in [0.05, 0.1) is 60.7 Å². The number of sulfonamides is 1. The van der Waals surface area contributed by atoms with Gasteiger partial charge in [-0.1, -0.05) is 47.1 Å². The first-order chi connectivity index (χ1) is 34.8. The minimum absolute atomic E-state index is 0.0127. The number of hydrogen-bond acceptors (Lipinski definition) is 16. The summed E-state index contributed by atoms with van der Waals surface area (Å²) in [6.45, 7) is 3.99. The van der Waals surface area contributed by atoms with Gasteiger partial charge in [0.15, 0.2) is 17.2 Å². The van der Waals surface area contributed by atoms with E-state index in [4.69, 9.17) is 26.2 Å². The van der Waals surface area contributed by atoms with Crippen LogP contribution in [0, 0.1) is 0 Å². The van der Waals surface area contributed by atoms with Crippen molar-refractivity contribution in [1.29, 1.82) is 0 Å². The molecule has 5 heterocycles. The molecule has 22 nitrogen and oxygen atoms in total. The highest BCUT2D eigenvalue weighted by Gasteiger charge is 2.46. The van der Waals surface area contributed by atoms with Gasteiger partial charge in [0.25, 0.3) is 11.8 Å². The fraction of sp³-hybridized carbons (Fsp3) is 0.354. The second-order valence-electron chi connectivity index (χ2n) is 18.1. The summed E-state index contributed by atoms with van der Waals surface area (Å²) in [5, 5.41) is 38.6. The average molecular weight is 1060 g/mol. The van der Waals surface area contributed by atoms with E-state index >= 15 is 0 Å². The number of halogens is 1. The van der Waals surface area contributed by atoms with Gasteiger partial charge in [-0.25, -0.2) is 22.7 Å². The molecule has 25 heteroatoms. The van der Waals surface area contributed by atoms with E-state index in [1.807, 2.05) is 19.9 Å². The van der Waals surface area contributed by atoms with Crippen molar-refractivity contribution in [3.63, 3.8) is 0 Å². The highest BCUT2D eigenvalue weighted by Crippen LogP contribution is 2.46. The van der Waals surface area contributed by atoms with Crippen LogP contribution in [0.25, 0.3) is 10.4 Å². The minimum Gasteiger partial charge on any atom is -0.479 e. The lowest BCUT2D eigenvalue weighted by Gasteiger charge is -2.45. The number of nitrogens with one attached hydrogen (secondary N) is 4. The standard InChI is InChI=1S/C48H50ClN9O13S2/c1-48(2)22-31(51-30-9-4-7-28(21-30)42-40(49)41(71-25-38(61)62)43(72-42)47(66)67)14-16-57(48)73(68,69)26-27-6-3-8-29(20-27)52-37(60)15-18-70-19-17-56-24-32(54-55-56)23-50-34-11-5-10-33-39(34)46(65)58(45(33)64)35-12-13-36(59)53-44(35)63/h3-11,20-21,24,31,35,50-51H,12-19,22-23,25-26H2,1-2H3,(H,52,60)(H,61,62)(H,66,67)(H,53,59,63)/t31-,35?/m0/s1. The number of aromatic nitrogens is 3. The van der Waals surface area contributed by atoms with Crippen LogP contribution in [0.4, 0.5) is 17.1 Å². The van der Waals surface area contributed by atoms with Crippen molar-refractivity contribution in [2.24, 2.45) is 0 Å². The first kappa shape index (κ1) is 52.1. The molecular weight excluding hydrogens is 1010 g/mol. The van der Waals surface area contributed by atoms with Crippen LogP contribution < -0.4 is 26.0 Å². The number of carboxylic acid groups (broad SMARTS) is 2. The molecule has 0 aliphatic carbocycles. The maximum atomic E-state index is 13.9. The van der Waals surface area contributed by atoms with Crippen LogP contribution >= 0.6 is 22.9 Å². The van der Waals surface area contributed by atoms with Crippen molar-refractivity contribution in [3.8, 4) is 16.2 Å². The maximum absolute atomic E-state index is 13.9. The Hall–Kier alpha value is -7.25. The predicted octanol–water partition coefficient (Wildman–Crippen LogP) is 5.07. The molecule has 0 saturated carbocycles. The average Bonchev–Trinajstić information content (AvgIpc) is 4.00. The van der Waals surface area contributed by atoms with Crippen LogP contribution in [0.2, 0.25) is 5.02 Å². The Morgan fingerprint density at radius 3 is 2.49 bits per heavy atom. The number of carbonyl (C=O) groups excluding carboxylic acids is 5. The van der Waals surface area contributed by atoms with Gasteiger partial charge in [0.1, 0.15) is 16.8 Å². The molecule has 5 aromatic rings. The maximum Gasteiger partial charge on any atom is 0.349 e. The fourth-order valence-corrected chi connectivity index (χ4v) is 12.4. The number of piperidine rings is 2. The zero-order chi connectivity index (χ0) is 52.2. The number of carbonyl (C=O) groups is 7. The van der Waals surface area contributed by atoms with Gasteiger partial charge in [0.2, 0.25) is 27.7 Å². The SMILES string of the molecule is CC1(C)C[C@@H](Nc2cccc(-c3sc(C(=O)O)c(OCC(=O)O)c3Cl)c2)CCN1S(=O)(=O)Cc1cccc(NC(=O)CCOCCn2cc(CNc3cccc4c3C(=O)N(C3CCC(=O)NC3=O)C4=O)nn2)c1. The third-order valence-corrected chi connectivity index (χ3v) is 16.0. The summed E-state index contributed by atoms with van der Waals surface area (Å²) in [5.41, 5.74) is 2.60. The van der Waals surface area contributed by atoms with E-state index in [0.29, 0.717) is 58.1 Å². The monoisotopic (exact) mass is 1060 g/mol.